The molecular weight excluding hydrogens is 370 g/mol. The molecule has 2 aromatic carbocycles. The van der Waals surface area contributed by atoms with Crippen LogP contribution in [0.25, 0.3) is 11.1 Å². The van der Waals surface area contributed by atoms with Crippen LogP contribution in [0.4, 0.5) is 0 Å². The van der Waals surface area contributed by atoms with E-state index in [1.54, 1.807) is 6.20 Å². The zero-order chi connectivity index (χ0) is 20.8. The van der Waals surface area contributed by atoms with Gasteiger partial charge in [-0.25, -0.2) is 0 Å². The molecule has 1 amide bonds. The highest BCUT2D eigenvalue weighted by atomic mass is 16.2. The molecule has 3 aromatic rings. The molecule has 4 nitrogen and oxygen atoms in total. The first kappa shape index (κ1) is 20.3. The predicted molar refractivity (Wildman–Crippen MR) is 121 cm³/mol. The van der Waals surface area contributed by atoms with Crippen LogP contribution in [0.1, 0.15) is 18.1 Å². The van der Waals surface area contributed by atoms with Gasteiger partial charge in [-0.15, -0.1) is 0 Å². The number of hydrogen-bond acceptors (Lipinski definition) is 3. The Bertz CT molecular complexity index is 958. The Morgan fingerprint density at radius 1 is 0.967 bits per heavy atom. The first-order valence-corrected chi connectivity index (χ1v) is 10.8. The van der Waals surface area contributed by atoms with Crippen molar-refractivity contribution in [3.8, 4) is 11.1 Å². The number of likely N-dealkylation sites (N-methyl/N-ethyl adjacent to an activating group) is 1. The Hall–Kier alpha value is -2.98. The third-order valence-corrected chi connectivity index (χ3v) is 5.90. The van der Waals surface area contributed by atoms with Crippen LogP contribution < -0.4 is 0 Å². The minimum atomic E-state index is -0.0472. The molecule has 0 aliphatic carbocycles. The van der Waals surface area contributed by atoms with Crippen molar-refractivity contribution in [1.29, 1.82) is 0 Å². The van der Waals surface area contributed by atoms with Crippen molar-refractivity contribution in [2.24, 2.45) is 5.92 Å². The van der Waals surface area contributed by atoms with Crippen LogP contribution in [0.3, 0.4) is 0 Å². The SMILES string of the molecule is CCN1CCN(Cc2cccnc2)C[C@H](Cc2ccccc2-c2ccccc2)C1=O. The van der Waals surface area contributed by atoms with Gasteiger partial charge in [-0.1, -0.05) is 60.7 Å². The van der Waals surface area contributed by atoms with Gasteiger partial charge in [0.05, 0.1) is 5.92 Å². The summed E-state index contributed by atoms with van der Waals surface area (Å²) < 4.78 is 0. The standard InChI is InChI=1S/C26H29N3O/c1-2-29-16-15-28(19-21-9-8-14-27-18-21)20-24(26(29)30)17-23-12-6-7-13-25(23)22-10-4-3-5-11-22/h3-14,18,24H,2,15-17,19-20H2,1H3/t24-/m0/s1. The number of benzene rings is 2. The maximum atomic E-state index is 13.3. The molecule has 4 heteroatoms. The molecule has 0 unspecified atom stereocenters. The molecule has 154 valence electrons. The number of hydrogen-bond donors (Lipinski definition) is 0. The van der Waals surface area contributed by atoms with Crippen LogP contribution in [0.5, 0.6) is 0 Å². The largest absolute Gasteiger partial charge is 0.341 e. The second-order valence-corrected chi connectivity index (χ2v) is 7.94. The lowest BCUT2D eigenvalue weighted by atomic mass is 9.91. The highest BCUT2D eigenvalue weighted by Gasteiger charge is 2.30. The van der Waals surface area contributed by atoms with Crippen molar-refractivity contribution >= 4 is 5.91 Å². The summed E-state index contributed by atoms with van der Waals surface area (Å²) in [5.41, 5.74) is 4.85. The molecule has 0 N–H and O–H groups in total. The van der Waals surface area contributed by atoms with Crippen LogP contribution in [-0.2, 0) is 17.8 Å². The van der Waals surface area contributed by atoms with Crippen molar-refractivity contribution in [2.75, 3.05) is 26.2 Å². The highest BCUT2D eigenvalue weighted by molar-refractivity contribution is 5.80. The molecule has 1 saturated heterocycles. The van der Waals surface area contributed by atoms with Gasteiger partial charge in [0.15, 0.2) is 0 Å². The molecule has 0 spiro atoms. The van der Waals surface area contributed by atoms with Gasteiger partial charge in [0, 0.05) is 45.1 Å². The number of carbonyl (C=O) groups is 1. The van der Waals surface area contributed by atoms with Crippen LogP contribution in [0.15, 0.2) is 79.1 Å². The second kappa shape index (κ2) is 9.68. The van der Waals surface area contributed by atoms with E-state index in [-0.39, 0.29) is 11.8 Å². The summed E-state index contributed by atoms with van der Waals surface area (Å²) in [7, 11) is 0. The Balaban J connectivity index is 1.59. The summed E-state index contributed by atoms with van der Waals surface area (Å²) in [5.74, 6) is 0.225. The molecular formula is C26H29N3O. The van der Waals surface area contributed by atoms with Gasteiger partial charge in [-0.05, 0) is 41.7 Å². The quantitative estimate of drug-likeness (QED) is 0.621. The minimum absolute atomic E-state index is 0.0472. The van der Waals surface area contributed by atoms with Crippen molar-refractivity contribution in [2.45, 2.75) is 19.9 Å². The Labute approximate surface area is 179 Å². The zero-order valence-corrected chi connectivity index (χ0v) is 17.6. The second-order valence-electron chi connectivity index (χ2n) is 7.94. The molecule has 1 fully saturated rings. The average molecular weight is 400 g/mol. The summed E-state index contributed by atoms with van der Waals surface area (Å²) in [6, 6.07) is 23.0. The zero-order valence-electron chi connectivity index (χ0n) is 17.6. The molecule has 1 aliphatic heterocycles. The van der Waals surface area contributed by atoms with E-state index in [1.165, 1.54) is 22.3 Å². The number of nitrogens with zero attached hydrogens (tertiary/aromatic N) is 3. The number of carbonyl (C=O) groups excluding carboxylic acids is 1. The third kappa shape index (κ3) is 4.77. The number of pyridine rings is 1. The van der Waals surface area contributed by atoms with Crippen molar-refractivity contribution in [3.05, 3.63) is 90.3 Å². The smallest absolute Gasteiger partial charge is 0.227 e. The normalized spacial score (nSPS) is 17.7. The molecule has 1 atom stereocenters. The molecule has 0 saturated carbocycles. The lowest BCUT2D eigenvalue weighted by molar-refractivity contribution is -0.134. The summed E-state index contributed by atoms with van der Waals surface area (Å²) in [4.78, 5) is 22.0. The summed E-state index contributed by atoms with van der Waals surface area (Å²) >= 11 is 0. The topological polar surface area (TPSA) is 36.4 Å². The van der Waals surface area contributed by atoms with Crippen molar-refractivity contribution in [3.63, 3.8) is 0 Å². The third-order valence-electron chi connectivity index (χ3n) is 5.90. The first-order chi connectivity index (χ1) is 14.7. The van der Waals surface area contributed by atoms with Crippen LogP contribution >= 0.6 is 0 Å². The predicted octanol–water partition coefficient (Wildman–Crippen LogP) is 4.27. The van der Waals surface area contributed by atoms with Gasteiger partial charge in [-0.3, -0.25) is 14.7 Å². The maximum absolute atomic E-state index is 13.3. The van der Waals surface area contributed by atoms with Gasteiger partial charge in [0.2, 0.25) is 5.91 Å². The van der Waals surface area contributed by atoms with Gasteiger partial charge in [-0.2, -0.15) is 0 Å². The number of amides is 1. The molecule has 1 aliphatic rings. The van der Waals surface area contributed by atoms with Gasteiger partial charge >= 0.3 is 0 Å². The number of aromatic nitrogens is 1. The van der Waals surface area contributed by atoms with Gasteiger partial charge < -0.3 is 4.90 Å². The molecule has 2 heterocycles. The summed E-state index contributed by atoms with van der Waals surface area (Å²) in [6.07, 6.45) is 4.48. The van der Waals surface area contributed by atoms with E-state index >= 15 is 0 Å². The first-order valence-electron chi connectivity index (χ1n) is 10.8. The van der Waals surface area contributed by atoms with E-state index in [2.05, 4.69) is 71.4 Å². The monoisotopic (exact) mass is 399 g/mol. The minimum Gasteiger partial charge on any atom is -0.341 e. The summed E-state index contributed by atoms with van der Waals surface area (Å²) in [5, 5.41) is 0. The molecule has 1 aromatic heterocycles. The van der Waals surface area contributed by atoms with Crippen LogP contribution in [0, 0.1) is 5.92 Å². The Morgan fingerprint density at radius 3 is 2.53 bits per heavy atom. The molecule has 0 radical (unpaired) electrons. The van der Waals surface area contributed by atoms with E-state index < -0.39 is 0 Å². The summed E-state index contributed by atoms with van der Waals surface area (Å²) in [6.45, 7) is 6.11. The van der Waals surface area contributed by atoms with E-state index in [0.717, 1.165) is 39.1 Å². The Kier molecular flexibility index (Phi) is 6.55. The van der Waals surface area contributed by atoms with E-state index in [4.69, 9.17) is 0 Å². The lowest BCUT2D eigenvalue weighted by Crippen LogP contribution is -2.37. The fourth-order valence-corrected chi connectivity index (χ4v) is 4.33. The Morgan fingerprint density at radius 2 is 1.77 bits per heavy atom. The van der Waals surface area contributed by atoms with E-state index in [1.807, 2.05) is 23.2 Å². The van der Waals surface area contributed by atoms with Crippen LogP contribution in [0.2, 0.25) is 0 Å². The molecule has 0 bridgehead atoms. The fraction of sp³-hybridized carbons (Fsp3) is 0.308. The fourth-order valence-electron chi connectivity index (χ4n) is 4.33. The van der Waals surface area contributed by atoms with Gasteiger partial charge in [0.25, 0.3) is 0 Å². The molecule has 4 rings (SSSR count). The lowest BCUT2D eigenvalue weighted by Gasteiger charge is -2.24. The van der Waals surface area contributed by atoms with Crippen molar-refractivity contribution < 1.29 is 4.79 Å². The molecule has 30 heavy (non-hydrogen) atoms. The van der Waals surface area contributed by atoms with E-state index in [0.29, 0.717) is 0 Å². The highest BCUT2D eigenvalue weighted by Crippen LogP contribution is 2.27. The van der Waals surface area contributed by atoms with E-state index in [9.17, 15) is 4.79 Å². The van der Waals surface area contributed by atoms with Crippen molar-refractivity contribution in [1.82, 2.24) is 14.8 Å². The maximum Gasteiger partial charge on any atom is 0.227 e. The van der Waals surface area contributed by atoms with Crippen LogP contribution in [-0.4, -0.2) is 46.9 Å². The van der Waals surface area contributed by atoms with Gasteiger partial charge in [0.1, 0.15) is 0 Å². The number of rotatable bonds is 6. The average Bonchev–Trinajstić information content (AvgIpc) is 2.94.